The van der Waals surface area contributed by atoms with E-state index in [2.05, 4.69) is 72.7 Å². The SMILES string of the molecule is CN(C)Cc1ccc(-c2ccc(-c3cc(CN)on3)cc2)cc1. The number of nitrogens with two attached hydrogens (primary N) is 1. The van der Waals surface area contributed by atoms with Crippen molar-refractivity contribution >= 4 is 0 Å². The zero-order valence-corrected chi connectivity index (χ0v) is 13.5. The fraction of sp³-hybridized carbons (Fsp3) is 0.211. The van der Waals surface area contributed by atoms with Gasteiger partial charge >= 0.3 is 0 Å². The topological polar surface area (TPSA) is 55.3 Å². The summed E-state index contributed by atoms with van der Waals surface area (Å²) in [6.07, 6.45) is 0. The summed E-state index contributed by atoms with van der Waals surface area (Å²) in [5, 5.41) is 4.04. The van der Waals surface area contributed by atoms with Crippen molar-refractivity contribution < 1.29 is 4.52 Å². The van der Waals surface area contributed by atoms with E-state index in [1.54, 1.807) is 0 Å². The molecule has 0 aliphatic carbocycles. The first-order valence-corrected chi connectivity index (χ1v) is 7.66. The molecule has 4 nitrogen and oxygen atoms in total. The molecule has 0 amide bonds. The smallest absolute Gasteiger partial charge is 0.150 e. The molecule has 3 aromatic rings. The molecular weight excluding hydrogens is 286 g/mol. The average Bonchev–Trinajstić information content (AvgIpc) is 3.04. The molecule has 0 bridgehead atoms. The minimum absolute atomic E-state index is 0.365. The Morgan fingerprint density at radius 3 is 2.00 bits per heavy atom. The van der Waals surface area contributed by atoms with Crippen molar-refractivity contribution in [1.29, 1.82) is 0 Å². The van der Waals surface area contributed by atoms with E-state index in [1.165, 1.54) is 16.7 Å². The summed E-state index contributed by atoms with van der Waals surface area (Å²) < 4.78 is 5.15. The fourth-order valence-electron chi connectivity index (χ4n) is 2.55. The van der Waals surface area contributed by atoms with Crippen LogP contribution in [0.3, 0.4) is 0 Å². The molecule has 118 valence electrons. The molecule has 2 aromatic carbocycles. The van der Waals surface area contributed by atoms with E-state index in [-0.39, 0.29) is 0 Å². The van der Waals surface area contributed by atoms with Crippen LogP contribution in [0.25, 0.3) is 22.4 Å². The maximum absolute atomic E-state index is 5.55. The van der Waals surface area contributed by atoms with E-state index in [0.29, 0.717) is 12.3 Å². The molecule has 0 saturated carbocycles. The van der Waals surface area contributed by atoms with Crippen molar-refractivity contribution in [2.75, 3.05) is 14.1 Å². The van der Waals surface area contributed by atoms with E-state index in [4.69, 9.17) is 10.3 Å². The molecule has 0 atom stereocenters. The molecule has 23 heavy (non-hydrogen) atoms. The molecule has 0 aliphatic rings. The monoisotopic (exact) mass is 307 g/mol. The van der Waals surface area contributed by atoms with Gasteiger partial charge in [0.25, 0.3) is 0 Å². The van der Waals surface area contributed by atoms with E-state index in [9.17, 15) is 0 Å². The molecule has 4 heteroatoms. The van der Waals surface area contributed by atoms with Gasteiger partial charge in [0.05, 0.1) is 6.54 Å². The Morgan fingerprint density at radius 1 is 0.913 bits per heavy atom. The predicted molar refractivity (Wildman–Crippen MR) is 92.7 cm³/mol. The number of nitrogens with zero attached hydrogens (tertiary/aromatic N) is 2. The lowest BCUT2D eigenvalue weighted by Crippen LogP contribution is -2.10. The van der Waals surface area contributed by atoms with Crippen molar-refractivity contribution in [2.45, 2.75) is 13.1 Å². The van der Waals surface area contributed by atoms with E-state index < -0.39 is 0 Å². The molecule has 0 radical (unpaired) electrons. The van der Waals surface area contributed by atoms with Crippen LogP contribution in [0.1, 0.15) is 11.3 Å². The van der Waals surface area contributed by atoms with Crippen molar-refractivity contribution in [2.24, 2.45) is 5.73 Å². The van der Waals surface area contributed by atoms with Crippen LogP contribution < -0.4 is 5.73 Å². The second kappa shape index (κ2) is 6.77. The highest BCUT2D eigenvalue weighted by atomic mass is 16.5. The Hall–Kier alpha value is -2.43. The van der Waals surface area contributed by atoms with Crippen LogP contribution in [0.15, 0.2) is 59.1 Å². The largest absolute Gasteiger partial charge is 0.359 e. The first-order valence-electron chi connectivity index (χ1n) is 7.66. The van der Waals surface area contributed by atoms with Crippen LogP contribution >= 0.6 is 0 Å². The Morgan fingerprint density at radius 2 is 1.48 bits per heavy atom. The van der Waals surface area contributed by atoms with Gasteiger partial charge in [0.1, 0.15) is 5.69 Å². The zero-order valence-electron chi connectivity index (χ0n) is 13.5. The van der Waals surface area contributed by atoms with Crippen LogP contribution in [-0.2, 0) is 13.1 Å². The summed E-state index contributed by atoms with van der Waals surface area (Å²) in [5.41, 5.74) is 11.1. The molecule has 1 heterocycles. The highest BCUT2D eigenvalue weighted by Gasteiger charge is 2.06. The quantitative estimate of drug-likeness (QED) is 0.783. The van der Waals surface area contributed by atoms with E-state index >= 15 is 0 Å². The van der Waals surface area contributed by atoms with Gasteiger partial charge in [-0.2, -0.15) is 0 Å². The standard InChI is InChI=1S/C19H21N3O/c1-22(2)13-14-3-5-15(6-4-14)16-7-9-17(10-8-16)19-11-18(12-20)23-21-19/h3-11H,12-13,20H2,1-2H3. The second-order valence-corrected chi connectivity index (χ2v) is 5.89. The Labute approximate surface area is 136 Å². The third-order valence-electron chi connectivity index (χ3n) is 3.73. The molecule has 0 fully saturated rings. The van der Waals surface area contributed by atoms with Crippen LogP contribution in [-0.4, -0.2) is 24.2 Å². The minimum Gasteiger partial charge on any atom is -0.359 e. The fourth-order valence-corrected chi connectivity index (χ4v) is 2.55. The lowest BCUT2D eigenvalue weighted by atomic mass is 10.0. The van der Waals surface area contributed by atoms with Crippen LogP contribution in [0.2, 0.25) is 0 Å². The molecule has 3 rings (SSSR count). The third kappa shape index (κ3) is 3.67. The first kappa shape index (κ1) is 15.5. The van der Waals surface area contributed by atoms with Gasteiger partial charge in [-0.1, -0.05) is 53.7 Å². The second-order valence-electron chi connectivity index (χ2n) is 5.89. The van der Waals surface area contributed by atoms with Gasteiger partial charge in [0.2, 0.25) is 0 Å². The number of hydrogen-bond acceptors (Lipinski definition) is 4. The van der Waals surface area contributed by atoms with Gasteiger partial charge in [0, 0.05) is 18.2 Å². The summed E-state index contributed by atoms with van der Waals surface area (Å²) in [7, 11) is 4.15. The highest BCUT2D eigenvalue weighted by molar-refractivity contribution is 5.68. The maximum atomic E-state index is 5.55. The molecule has 0 spiro atoms. The Kier molecular flexibility index (Phi) is 4.55. The van der Waals surface area contributed by atoms with Gasteiger partial charge in [0.15, 0.2) is 5.76 Å². The zero-order chi connectivity index (χ0) is 16.2. The minimum atomic E-state index is 0.365. The summed E-state index contributed by atoms with van der Waals surface area (Å²) in [4.78, 5) is 2.16. The van der Waals surface area contributed by atoms with Crippen molar-refractivity contribution in [3.8, 4) is 22.4 Å². The lowest BCUT2D eigenvalue weighted by Gasteiger charge is -2.10. The summed E-state index contributed by atoms with van der Waals surface area (Å²) in [6, 6.07) is 18.9. The number of hydrogen-bond donors (Lipinski definition) is 1. The maximum Gasteiger partial charge on any atom is 0.150 e. The highest BCUT2D eigenvalue weighted by Crippen LogP contribution is 2.25. The van der Waals surface area contributed by atoms with Crippen LogP contribution in [0, 0.1) is 0 Å². The first-order chi connectivity index (χ1) is 11.2. The number of rotatable bonds is 5. The summed E-state index contributed by atoms with van der Waals surface area (Å²) >= 11 is 0. The number of aromatic nitrogens is 1. The van der Waals surface area contributed by atoms with Gasteiger partial charge < -0.3 is 15.2 Å². The van der Waals surface area contributed by atoms with Crippen LogP contribution in [0.5, 0.6) is 0 Å². The van der Waals surface area contributed by atoms with E-state index in [0.717, 1.165) is 17.8 Å². The van der Waals surface area contributed by atoms with Crippen molar-refractivity contribution in [3.63, 3.8) is 0 Å². The molecule has 1 aromatic heterocycles. The van der Waals surface area contributed by atoms with Gasteiger partial charge in [-0.3, -0.25) is 0 Å². The Balaban J connectivity index is 1.78. The molecule has 0 aliphatic heterocycles. The summed E-state index contributed by atoms with van der Waals surface area (Å²) in [5.74, 6) is 0.695. The molecule has 0 unspecified atom stereocenters. The van der Waals surface area contributed by atoms with Gasteiger partial charge in [-0.25, -0.2) is 0 Å². The average molecular weight is 307 g/mol. The summed E-state index contributed by atoms with van der Waals surface area (Å²) in [6.45, 7) is 1.32. The normalized spacial score (nSPS) is 11.1. The van der Waals surface area contributed by atoms with Crippen molar-refractivity contribution in [3.05, 3.63) is 65.9 Å². The van der Waals surface area contributed by atoms with Gasteiger partial charge in [-0.15, -0.1) is 0 Å². The van der Waals surface area contributed by atoms with Crippen molar-refractivity contribution in [1.82, 2.24) is 10.1 Å². The Bertz CT molecular complexity index is 758. The number of benzene rings is 2. The van der Waals surface area contributed by atoms with Gasteiger partial charge in [-0.05, 0) is 30.8 Å². The predicted octanol–water partition coefficient (Wildman–Crippen LogP) is 3.53. The molecule has 0 saturated heterocycles. The lowest BCUT2D eigenvalue weighted by molar-refractivity contribution is 0.387. The molecule has 2 N–H and O–H groups in total. The molecular formula is C19H21N3O. The van der Waals surface area contributed by atoms with Crippen LogP contribution in [0.4, 0.5) is 0 Å². The van der Waals surface area contributed by atoms with E-state index in [1.807, 2.05) is 6.07 Å². The third-order valence-corrected chi connectivity index (χ3v) is 3.73.